The molecule has 12 heteroatoms. The summed E-state index contributed by atoms with van der Waals surface area (Å²) in [6.45, 7) is -3.43. The lowest BCUT2D eigenvalue weighted by atomic mass is 10.2. The fourth-order valence-electron chi connectivity index (χ4n) is 2.14. The van der Waals surface area contributed by atoms with Crippen LogP contribution in [0.1, 0.15) is 5.56 Å². The average Bonchev–Trinajstić information content (AvgIpc) is 2.57. The zero-order valence-electron chi connectivity index (χ0n) is 14.5. The average molecular weight is 443 g/mol. The highest BCUT2D eigenvalue weighted by Gasteiger charge is 2.30. The number of halogens is 6. The Bertz CT molecular complexity index is 878. The van der Waals surface area contributed by atoms with Gasteiger partial charge in [-0.1, -0.05) is 30.3 Å². The zero-order valence-corrected chi connectivity index (χ0v) is 15.4. The molecule has 0 saturated heterocycles. The number of rotatable bonds is 8. The summed E-state index contributed by atoms with van der Waals surface area (Å²) in [6, 6.07) is 10.6. The summed E-state index contributed by atoms with van der Waals surface area (Å²) in [4.78, 5) is 0. The van der Waals surface area contributed by atoms with Crippen molar-refractivity contribution >= 4 is 15.7 Å². The molecule has 0 fully saturated rings. The van der Waals surface area contributed by atoms with Crippen LogP contribution in [0, 0.1) is 0 Å². The minimum absolute atomic E-state index is 0.308. The molecule has 0 atom stereocenters. The molecule has 0 aliphatic rings. The van der Waals surface area contributed by atoms with Crippen molar-refractivity contribution in [2.75, 3.05) is 17.9 Å². The molecule has 0 aliphatic heterocycles. The third kappa shape index (κ3) is 8.94. The Hall–Kier alpha value is -2.63. The Morgan fingerprint density at radius 3 is 1.72 bits per heavy atom. The van der Waals surface area contributed by atoms with E-state index in [0.717, 1.165) is 18.2 Å². The van der Waals surface area contributed by atoms with Gasteiger partial charge in [0.25, 0.3) is 0 Å². The minimum Gasteiger partial charge on any atom is -0.484 e. The van der Waals surface area contributed by atoms with Gasteiger partial charge in [-0.05, 0) is 5.56 Å². The summed E-state index contributed by atoms with van der Waals surface area (Å²) in [7, 11) is -4.01. The lowest BCUT2D eigenvalue weighted by Crippen LogP contribution is -2.21. The summed E-state index contributed by atoms with van der Waals surface area (Å²) in [6.07, 6.45) is -9.40. The van der Waals surface area contributed by atoms with E-state index in [-0.39, 0.29) is 5.69 Å². The summed E-state index contributed by atoms with van der Waals surface area (Å²) >= 11 is 0. The van der Waals surface area contributed by atoms with Crippen LogP contribution in [-0.4, -0.2) is 34.0 Å². The quantitative estimate of drug-likeness (QED) is 0.610. The van der Waals surface area contributed by atoms with Crippen LogP contribution in [-0.2, 0) is 15.8 Å². The highest BCUT2D eigenvalue weighted by atomic mass is 32.2. The normalized spacial score (nSPS) is 12.5. The first-order chi connectivity index (χ1) is 13.3. The predicted molar refractivity (Wildman–Crippen MR) is 92.2 cm³/mol. The van der Waals surface area contributed by atoms with Crippen LogP contribution in [0.2, 0.25) is 0 Å². The van der Waals surface area contributed by atoms with Crippen molar-refractivity contribution in [3.8, 4) is 11.5 Å². The van der Waals surface area contributed by atoms with Gasteiger partial charge in [0.1, 0.15) is 11.5 Å². The molecule has 2 rings (SSSR count). The van der Waals surface area contributed by atoms with Crippen LogP contribution in [0.5, 0.6) is 11.5 Å². The maximum absolute atomic E-state index is 12.3. The van der Waals surface area contributed by atoms with Gasteiger partial charge in [-0.3, -0.25) is 4.72 Å². The van der Waals surface area contributed by atoms with Gasteiger partial charge < -0.3 is 9.47 Å². The van der Waals surface area contributed by atoms with E-state index < -0.39 is 52.8 Å². The molecule has 160 valence electrons. The molecule has 0 bridgehead atoms. The highest BCUT2D eigenvalue weighted by Crippen LogP contribution is 2.30. The van der Waals surface area contributed by atoms with Gasteiger partial charge in [0.05, 0.1) is 11.4 Å². The molecular weight excluding hydrogens is 428 g/mol. The Morgan fingerprint density at radius 2 is 1.28 bits per heavy atom. The summed E-state index contributed by atoms with van der Waals surface area (Å²) in [5.41, 5.74) is 0.121. The monoisotopic (exact) mass is 443 g/mol. The summed E-state index contributed by atoms with van der Waals surface area (Å²) < 4.78 is 110. The zero-order chi connectivity index (χ0) is 21.7. The fraction of sp³-hybridized carbons (Fsp3) is 0.294. The third-order valence-electron chi connectivity index (χ3n) is 3.16. The van der Waals surface area contributed by atoms with Gasteiger partial charge in [-0.2, -0.15) is 26.3 Å². The van der Waals surface area contributed by atoms with Crippen molar-refractivity contribution in [3.63, 3.8) is 0 Å². The molecule has 29 heavy (non-hydrogen) atoms. The largest absolute Gasteiger partial charge is 0.484 e. The van der Waals surface area contributed by atoms with E-state index in [4.69, 9.17) is 0 Å². The van der Waals surface area contributed by atoms with Crippen molar-refractivity contribution in [1.29, 1.82) is 0 Å². The minimum atomic E-state index is -4.70. The Kier molecular flexibility index (Phi) is 6.88. The lowest BCUT2D eigenvalue weighted by Gasteiger charge is -2.15. The van der Waals surface area contributed by atoms with Gasteiger partial charge >= 0.3 is 12.4 Å². The summed E-state index contributed by atoms with van der Waals surface area (Å²) in [5.74, 6) is -1.49. The maximum atomic E-state index is 12.3. The lowest BCUT2D eigenvalue weighted by molar-refractivity contribution is -0.153. The molecule has 0 aliphatic carbocycles. The van der Waals surface area contributed by atoms with Crippen LogP contribution < -0.4 is 14.2 Å². The van der Waals surface area contributed by atoms with Gasteiger partial charge in [-0.15, -0.1) is 0 Å². The van der Waals surface area contributed by atoms with Gasteiger partial charge in [-0.25, -0.2) is 8.42 Å². The van der Waals surface area contributed by atoms with E-state index in [9.17, 15) is 34.8 Å². The molecule has 1 N–H and O–H groups in total. The molecule has 5 nitrogen and oxygen atoms in total. The van der Waals surface area contributed by atoms with E-state index in [1.54, 1.807) is 30.3 Å². The first-order valence-electron chi connectivity index (χ1n) is 7.90. The number of benzene rings is 2. The van der Waals surface area contributed by atoms with Crippen LogP contribution >= 0.6 is 0 Å². The maximum Gasteiger partial charge on any atom is 0.422 e. The van der Waals surface area contributed by atoms with Crippen LogP contribution in [0.15, 0.2) is 48.5 Å². The number of hydrogen-bond acceptors (Lipinski definition) is 4. The van der Waals surface area contributed by atoms with Gasteiger partial charge in [0.15, 0.2) is 13.2 Å². The first-order valence-corrected chi connectivity index (χ1v) is 9.55. The van der Waals surface area contributed by atoms with E-state index in [2.05, 4.69) is 14.2 Å². The van der Waals surface area contributed by atoms with Crippen molar-refractivity contribution < 1.29 is 44.2 Å². The number of alkyl halides is 6. The third-order valence-corrected chi connectivity index (χ3v) is 4.42. The van der Waals surface area contributed by atoms with Crippen molar-refractivity contribution in [2.45, 2.75) is 18.1 Å². The van der Waals surface area contributed by atoms with E-state index in [1.807, 2.05) is 0 Å². The molecule has 0 heterocycles. The smallest absolute Gasteiger partial charge is 0.422 e. The molecule has 0 spiro atoms. The molecular formula is C17H15F6NO4S. The number of nitrogens with one attached hydrogen (secondary N) is 1. The topological polar surface area (TPSA) is 64.6 Å². The second-order valence-corrected chi connectivity index (χ2v) is 7.57. The molecule has 0 saturated carbocycles. The second-order valence-electron chi connectivity index (χ2n) is 5.85. The fourth-order valence-corrected chi connectivity index (χ4v) is 3.32. The molecule has 2 aromatic carbocycles. The predicted octanol–water partition coefficient (Wildman–Crippen LogP) is 4.51. The van der Waals surface area contributed by atoms with E-state index in [0.29, 0.717) is 5.56 Å². The number of ether oxygens (including phenoxy) is 2. The van der Waals surface area contributed by atoms with Gasteiger partial charge in [0, 0.05) is 18.2 Å². The Morgan fingerprint density at radius 1 is 0.793 bits per heavy atom. The van der Waals surface area contributed by atoms with E-state index >= 15 is 0 Å². The SMILES string of the molecule is O=S(=O)(Cc1ccccc1)Nc1cc(OCC(F)(F)F)cc(OCC(F)(F)F)c1. The Balaban J connectivity index is 2.23. The number of hydrogen-bond donors (Lipinski definition) is 1. The second kappa shape index (κ2) is 8.80. The van der Waals surface area contributed by atoms with E-state index in [1.165, 1.54) is 0 Å². The van der Waals surface area contributed by atoms with Crippen molar-refractivity contribution in [3.05, 3.63) is 54.1 Å². The first kappa shape index (κ1) is 22.7. The molecule has 0 unspecified atom stereocenters. The number of sulfonamides is 1. The molecule has 0 radical (unpaired) electrons. The molecule has 0 amide bonds. The van der Waals surface area contributed by atoms with Crippen molar-refractivity contribution in [2.24, 2.45) is 0 Å². The van der Waals surface area contributed by atoms with Crippen LogP contribution in [0.25, 0.3) is 0 Å². The highest BCUT2D eigenvalue weighted by molar-refractivity contribution is 7.91. The standard InChI is InChI=1S/C17H15F6NO4S/c18-16(19,20)10-27-14-6-13(7-15(8-14)28-11-17(21,22)23)24-29(25,26)9-12-4-2-1-3-5-12/h1-8,24H,9-11H2. The van der Waals surface area contributed by atoms with Gasteiger partial charge in [0.2, 0.25) is 10.0 Å². The summed E-state index contributed by atoms with van der Waals surface area (Å²) in [5, 5.41) is 0. The molecule has 2 aromatic rings. The molecule has 0 aromatic heterocycles. The Labute approximate surface area is 162 Å². The number of anilines is 1. The van der Waals surface area contributed by atoms with Crippen LogP contribution in [0.4, 0.5) is 32.0 Å². The van der Waals surface area contributed by atoms with Crippen LogP contribution in [0.3, 0.4) is 0 Å². The van der Waals surface area contributed by atoms with Crippen molar-refractivity contribution in [1.82, 2.24) is 0 Å².